The quantitative estimate of drug-likeness (QED) is 0.612. The lowest BCUT2D eigenvalue weighted by atomic mass is 10.1. The third-order valence-electron chi connectivity index (χ3n) is 3.83. The summed E-state index contributed by atoms with van der Waals surface area (Å²) < 4.78 is 0. The molecule has 122 valence electrons. The van der Waals surface area contributed by atoms with E-state index in [1.54, 1.807) is 48.1 Å². The number of pyridine rings is 1. The first kappa shape index (κ1) is 15.4. The normalized spacial score (nSPS) is 10.7. The van der Waals surface area contributed by atoms with Crippen LogP contribution < -0.4 is 5.32 Å². The fourth-order valence-corrected chi connectivity index (χ4v) is 3.22. The van der Waals surface area contributed by atoms with Gasteiger partial charge in [0.05, 0.1) is 11.0 Å². The predicted octanol–water partition coefficient (Wildman–Crippen LogP) is 3.68. The number of rotatable bonds is 4. The molecule has 5 nitrogen and oxygen atoms in total. The van der Waals surface area contributed by atoms with Gasteiger partial charge in [0.2, 0.25) is 0 Å². The maximum atomic E-state index is 12.4. The Hall–Kier alpha value is -3.12. The average molecular weight is 346 g/mol. The van der Waals surface area contributed by atoms with Crippen molar-refractivity contribution in [2.45, 2.75) is 6.54 Å². The van der Waals surface area contributed by atoms with Crippen LogP contribution in [0.1, 0.15) is 15.9 Å². The SMILES string of the molecule is O=C(NCc1cncc(-c2ccsc2)c1)c1ccc2nccnc2c1. The first-order chi connectivity index (χ1) is 12.3. The van der Waals surface area contributed by atoms with Crippen LogP contribution in [0.4, 0.5) is 0 Å². The molecule has 3 aromatic heterocycles. The number of amides is 1. The highest BCUT2D eigenvalue weighted by Gasteiger charge is 2.08. The van der Waals surface area contributed by atoms with E-state index in [4.69, 9.17) is 0 Å². The Balaban J connectivity index is 1.48. The lowest BCUT2D eigenvalue weighted by molar-refractivity contribution is 0.0951. The summed E-state index contributed by atoms with van der Waals surface area (Å²) in [4.78, 5) is 25.1. The second-order valence-electron chi connectivity index (χ2n) is 5.54. The van der Waals surface area contributed by atoms with E-state index < -0.39 is 0 Å². The van der Waals surface area contributed by atoms with Gasteiger partial charge in [-0.25, -0.2) is 0 Å². The molecule has 1 amide bonds. The lowest BCUT2D eigenvalue weighted by Crippen LogP contribution is -2.22. The van der Waals surface area contributed by atoms with Gasteiger partial charge in [0, 0.05) is 42.5 Å². The van der Waals surface area contributed by atoms with Gasteiger partial charge in [-0.3, -0.25) is 19.7 Å². The highest BCUT2D eigenvalue weighted by atomic mass is 32.1. The number of thiophene rings is 1. The molecule has 25 heavy (non-hydrogen) atoms. The van der Waals surface area contributed by atoms with Crippen molar-refractivity contribution in [2.24, 2.45) is 0 Å². The molecule has 1 aromatic carbocycles. The molecule has 0 saturated heterocycles. The molecule has 0 fully saturated rings. The summed E-state index contributed by atoms with van der Waals surface area (Å²) >= 11 is 1.65. The number of aromatic nitrogens is 3. The van der Waals surface area contributed by atoms with E-state index in [9.17, 15) is 4.79 Å². The summed E-state index contributed by atoms with van der Waals surface area (Å²) in [5.41, 5.74) is 5.18. The first-order valence-electron chi connectivity index (χ1n) is 7.75. The molecule has 0 bridgehead atoms. The van der Waals surface area contributed by atoms with Gasteiger partial charge in [-0.2, -0.15) is 11.3 Å². The molecular weight excluding hydrogens is 332 g/mol. The van der Waals surface area contributed by atoms with Crippen LogP contribution in [-0.4, -0.2) is 20.9 Å². The van der Waals surface area contributed by atoms with Gasteiger partial charge in [0.1, 0.15) is 0 Å². The molecule has 4 aromatic rings. The average Bonchev–Trinajstić information content (AvgIpc) is 3.21. The Kier molecular flexibility index (Phi) is 4.18. The van der Waals surface area contributed by atoms with Crippen LogP contribution in [-0.2, 0) is 6.54 Å². The van der Waals surface area contributed by atoms with E-state index in [0.29, 0.717) is 17.6 Å². The van der Waals surface area contributed by atoms with Gasteiger partial charge < -0.3 is 5.32 Å². The number of nitrogens with one attached hydrogen (secondary N) is 1. The molecule has 1 N–H and O–H groups in total. The number of benzene rings is 1. The summed E-state index contributed by atoms with van der Waals surface area (Å²) in [7, 11) is 0. The summed E-state index contributed by atoms with van der Waals surface area (Å²) in [5.74, 6) is -0.145. The zero-order valence-corrected chi connectivity index (χ0v) is 14.0. The predicted molar refractivity (Wildman–Crippen MR) is 98.3 cm³/mol. The van der Waals surface area contributed by atoms with Crippen LogP contribution in [0.5, 0.6) is 0 Å². The second kappa shape index (κ2) is 6.78. The topological polar surface area (TPSA) is 67.8 Å². The molecule has 0 aliphatic carbocycles. The molecule has 6 heteroatoms. The number of hydrogen-bond acceptors (Lipinski definition) is 5. The standard InChI is InChI=1S/C19H14N4OS/c24-19(14-1-2-17-18(8-14)22-5-4-21-17)23-10-13-7-16(11-20-9-13)15-3-6-25-12-15/h1-9,11-12H,10H2,(H,23,24). The summed E-state index contributed by atoms with van der Waals surface area (Å²) in [5, 5.41) is 7.04. The molecule has 0 spiro atoms. The number of carbonyl (C=O) groups is 1. The van der Waals surface area contributed by atoms with Crippen molar-refractivity contribution >= 4 is 28.3 Å². The largest absolute Gasteiger partial charge is 0.348 e. The minimum absolute atomic E-state index is 0.145. The van der Waals surface area contributed by atoms with E-state index in [1.807, 2.05) is 17.6 Å². The summed E-state index contributed by atoms with van der Waals surface area (Å²) in [6.45, 7) is 0.419. The van der Waals surface area contributed by atoms with E-state index in [0.717, 1.165) is 22.2 Å². The third kappa shape index (κ3) is 3.39. The molecule has 4 rings (SSSR count). The maximum Gasteiger partial charge on any atom is 0.251 e. The van der Waals surface area contributed by atoms with E-state index >= 15 is 0 Å². The summed E-state index contributed by atoms with van der Waals surface area (Å²) in [6, 6.07) is 9.40. The Morgan fingerprint density at radius 2 is 1.88 bits per heavy atom. The smallest absolute Gasteiger partial charge is 0.251 e. The number of carbonyl (C=O) groups excluding carboxylic acids is 1. The highest BCUT2D eigenvalue weighted by Crippen LogP contribution is 2.22. The molecule has 0 aliphatic rings. The third-order valence-corrected chi connectivity index (χ3v) is 4.52. The van der Waals surface area contributed by atoms with Crippen LogP contribution in [0.15, 0.2) is 65.9 Å². The fraction of sp³-hybridized carbons (Fsp3) is 0.0526. The molecule has 3 heterocycles. The lowest BCUT2D eigenvalue weighted by Gasteiger charge is -2.07. The number of hydrogen-bond donors (Lipinski definition) is 1. The van der Waals surface area contributed by atoms with Crippen molar-refractivity contribution in [1.82, 2.24) is 20.3 Å². The van der Waals surface area contributed by atoms with Crippen LogP contribution >= 0.6 is 11.3 Å². The molecule has 0 radical (unpaired) electrons. The van der Waals surface area contributed by atoms with Crippen molar-refractivity contribution in [1.29, 1.82) is 0 Å². The van der Waals surface area contributed by atoms with Gasteiger partial charge in [-0.05, 0) is 52.2 Å². The zero-order chi connectivity index (χ0) is 17.1. The second-order valence-corrected chi connectivity index (χ2v) is 6.32. The Labute approximate surface area is 148 Å². The maximum absolute atomic E-state index is 12.4. The molecule has 0 atom stereocenters. The zero-order valence-electron chi connectivity index (χ0n) is 13.2. The van der Waals surface area contributed by atoms with E-state index in [1.165, 1.54) is 0 Å². The Morgan fingerprint density at radius 1 is 1.00 bits per heavy atom. The Bertz CT molecular complexity index is 1030. The number of fused-ring (bicyclic) bond motifs is 1. The van der Waals surface area contributed by atoms with Crippen LogP contribution in [0.3, 0.4) is 0 Å². The highest BCUT2D eigenvalue weighted by molar-refractivity contribution is 7.08. The van der Waals surface area contributed by atoms with Gasteiger partial charge in [-0.1, -0.05) is 0 Å². The fourth-order valence-electron chi connectivity index (χ4n) is 2.56. The van der Waals surface area contributed by atoms with Gasteiger partial charge >= 0.3 is 0 Å². The van der Waals surface area contributed by atoms with Crippen LogP contribution in [0, 0.1) is 0 Å². The van der Waals surface area contributed by atoms with Crippen molar-refractivity contribution in [3.05, 3.63) is 77.0 Å². The van der Waals surface area contributed by atoms with Crippen molar-refractivity contribution in [3.63, 3.8) is 0 Å². The van der Waals surface area contributed by atoms with Crippen molar-refractivity contribution < 1.29 is 4.79 Å². The monoisotopic (exact) mass is 346 g/mol. The molecule has 0 unspecified atom stereocenters. The van der Waals surface area contributed by atoms with Gasteiger partial charge in [0.25, 0.3) is 5.91 Å². The van der Waals surface area contributed by atoms with Gasteiger partial charge in [-0.15, -0.1) is 0 Å². The Morgan fingerprint density at radius 3 is 2.72 bits per heavy atom. The van der Waals surface area contributed by atoms with E-state index in [-0.39, 0.29) is 5.91 Å². The minimum atomic E-state index is -0.145. The first-order valence-corrected chi connectivity index (χ1v) is 8.69. The molecule has 0 aliphatic heterocycles. The van der Waals surface area contributed by atoms with Crippen molar-refractivity contribution in [3.8, 4) is 11.1 Å². The van der Waals surface area contributed by atoms with E-state index in [2.05, 4.69) is 31.7 Å². The molecular formula is C19H14N4OS. The summed E-state index contributed by atoms with van der Waals surface area (Å²) in [6.07, 6.45) is 6.85. The minimum Gasteiger partial charge on any atom is -0.348 e. The van der Waals surface area contributed by atoms with Crippen LogP contribution in [0.25, 0.3) is 22.2 Å². The van der Waals surface area contributed by atoms with Crippen molar-refractivity contribution in [2.75, 3.05) is 0 Å². The van der Waals surface area contributed by atoms with Crippen LogP contribution in [0.2, 0.25) is 0 Å². The number of nitrogens with zero attached hydrogens (tertiary/aromatic N) is 3. The van der Waals surface area contributed by atoms with Gasteiger partial charge in [0.15, 0.2) is 0 Å². The molecule has 0 saturated carbocycles.